The number of carbonyl (C=O) groups excluding carboxylic acids is 2. The highest BCUT2D eigenvalue weighted by Gasteiger charge is 2.33. The number of nitrogens with zero attached hydrogens (tertiary/aromatic N) is 2. The van der Waals surface area contributed by atoms with Gasteiger partial charge in [0.25, 0.3) is 0 Å². The number of piperidine rings is 1. The molecule has 2 aliphatic heterocycles. The highest BCUT2D eigenvalue weighted by Crippen LogP contribution is 2.39. The van der Waals surface area contributed by atoms with Crippen LogP contribution in [0.3, 0.4) is 0 Å². The molecular formula is C25H29FN2O3. The molecule has 5 nitrogen and oxygen atoms in total. The largest absolute Gasteiger partial charge is 0.444 e. The Hall–Kier alpha value is -2.89. The number of amides is 2. The van der Waals surface area contributed by atoms with Crippen LogP contribution in [0, 0.1) is 5.82 Å². The zero-order valence-electron chi connectivity index (χ0n) is 18.4. The van der Waals surface area contributed by atoms with Gasteiger partial charge in [0.15, 0.2) is 0 Å². The SMILES string of the molecule is CC(C)(C)OC(=O)N1CCC(c2cccc3c2CC(=O)N3Cc2cccc(F)c2)CC1. The van der Waals surface area contributed by atoms with Crippen molar-refractivity contribution in [3.8, 4) is 0 Å². The van der Waals surface area contributed by atoms with Crippen LogP contribution in [0.2, 0.25) is 0 Å². The molecule has 2 amide bonds. The maximum absolute atomic E-state index is 13.6. The Morgan fingerprint density at radius 1 is 1.13 bits per heavy atom. The van der Waals surface area contributed by atoms with Crippen LogP contribution in [0.15, 0.2) is 42.5 Å². The van der Waals surface area contributed by atoms with Gasteiger partial charge in [-0.2, -0.15) is 0 Å². The van der Waals surface area contributed by atoms with Gasteiger partial charge in [-0.25, -0.2) is 9.18 Å². The second-order valence-corrected chi connectivity index (χ2v) is 9.37. The van der Waals surface area contributed by atoms with Crippen LogP contribution in [0.4, 0.5) is 14.9 Å². The van der Waals surface area contributed by atoms with Gasteiger partial charge in [0.1, 0.15) is 11.4 Å². The average Bonchev–Trinajstić information content (AvgIpc) is 3.02. The summed E-state index contributed by atoms with van der Waals surface area (Å²) in [5.41, 5.74) is 3.45. The summed E-state index contributed by atoms with van der Waals surface area (Å²) < 4.78 is 19.1. The van der Waals surface area contributed by atoms with Gasteiger partial charge in [-0.1, -0.05) is 24.3 Å². The normalized spacial score (nSPS) is 17.1. The summed E-state index contributed by atoms with van der Waals surface area (Å²) in [5.74, 6) is 0.0447. The number of likely N-dealkylation sites (tertiary alicyclic amines) is 1. The summed E-state index contributed by atoms with van der Waals surface area (Å²) in [7, 11) is 0. The van der Waals surface area contributed by atoms with Crippen LogP contribution in [0.25, 0.3) is 0 Å². The van der Waals surface area contributed by atoms with Crippen LogP contribution in [-0.2, 0) is 22.5 Å². The van der Waals surface area contributed by atoms with Gasteiger partial charge in [-0.15, -0.1) is 0 Å². The van der Waals surface area contributed by atoms with Crippen LogP contribution >= 0.6 is 0 Å². The molecule has 0 aliphatic carbocycles. The van der Waals surface area contributed by atoms with Crippen molar-refractivity contribution >= 4 is 17.7 Å². The second-order valence-electron chi connectivity index (χ2n) is 9.37. The molecule has 0 spiro atoms. The van der Waals surface area contributed by atoms with E-state index < -0.39 is 5.60 Å². The summed E-state index contributed by atoms with van der Waals surface area (Å²) in [6.07, 6.45) is 1.79. The number of halogens is 1. The Kier molecular flexibility index (Phi) is 5.73. The summed E-state index contributed by atoms with van der Waals surface area (Å²) >= 11 is 0. The zero-order valence-corrected chi connectivity index (χ0v) is 18.4. The zero-order chi connectivity index (χ0) is 22.2. The lowest BCUT2D eigenvalue weighted by Gasteiger charge is -2.34. The summed E-state index contributed by atoms with van der Waals surface area (Å²) in [4.78, 5) is 28.7. The van der Waals surface area contributed by atoms with E-state index in [1.54, 1.807) is 15.9 Å². The molecule has 2 aromatic carbocycles. The van der Waals surface area contributed by atoms with Crippen molar-refractivity contribution in [2.45, 2.75) is 58.1 Å². The molecule has 0 unspecified atom stereocenters. The van der Waals surface area contributed by atoms with Crippen LogP contribution in [0.5, 0.6) is 0 Å². The molecule has 2 aromatic rings. The van der Waals surface area contributed by atoms with Gasteiger partial charge in [-0.3, -0.25) is 4.79 Å². The molecule has 164 valence electrons. The van der Waals surface area contributed by atoms with Crippen molar-refractivity contribution in [2.24, 2.45) is 0 Å². The molecule has 4 rings (SSSR count). The molecule has 2 aliphatic rings. The minimum Gasteiger partial charge on any atom is -0.444 e. The molecule has 0 radical (unpaired) electrons. The lowest BCUT2D eigenvalue weighted by atomic mass is 9.86. The lowest BCUT2D eigenvalue weighted by Crippen LogP contribution is -2.41. The molecule has 1 saturated heterocycles. The van der Waals surface area contributed by atoms with Crippen molar-refractivity contribution in [3.05, 3.63) is 65.0 Å². The van der Waals surface area contributed by atoms with E-state index in [1.807, 2.05) is 39.0 Å². The first-order valence-electron chi connectivity index (χ1n) is 10.9. The van der Waals surface area contributed by atoms with Gasteiger partial charge in [-0.05, 0) is 74.4 Å². The van der Waals surface area contributed by atoms with Gasteiger partial charge >= 0.3 is 6.09 Å². The number of hydrogen-bond acceptors (Lipinski definition) is 3. The quantitative estimate of drug-likeness (QED) is 0.694. The minimum atomic E-state index is -0.500. The molecule has 0 atom stereocenters. The molecule has 31 heavy (non-hydrogen) atoms. The monoisotopic (exact) mass is 424 g/mol. The van der Waals surface area contributed by atoms with Crippen LogP contribution in [0.1, 0.15) is 56.2 Å². The fourth-order valence-corrected chi connectivity index (χ4v) is 4.49. The maximum atomic E-state index is 13.6. The van der Waals surface area contributed by atoms with E-state index in [2.05, 4.69) is 6.07 Å². The second kappa shape index (κ2) is 8.33. The van der Waals surface area contributed by atoms with E-state index in [4.69, 9.17) is 4.74 Å². The molecular weight excluding hydrogens is 395 g/mol. The fraction of sp³-hybridized carbons (Fsp3) is 0.440. The fourth-order valence-electron chi connectivity index (χ4n) is 4.49. The third kappa shape index (κ3) is 4.73. The molecule has 1 fully saturated rings. The van der Waals surface area contributed by atoms with E-state index >= 15 is 0 Å². The van der Waals surface area contributed by atoms with E-state index in [9.17, 15) is 14.0 Å². The summed E-state index contributed by atoms with van der Waals surface area (Å²) in [5, 5.41) is 0. The first kappa shape index (κ1) is 21.3. The topological polar surface area (TPSA) is 49.9 Å². The number of carbonyl (C=O) groups is 2. The number of hydrogen-bond donors (Lipinski definition) is 0. The highest BCUT2D eigenvalue weighted by molar-refractivity contribution is 6.01. The number of fused-ring (bicyclic) bond motifs is 1. The molecule has 6 heteroatoms. The van der Waals surface area contributed by atoms with Crippen LogP contribution in [-0.4, -0.2) is 35.6 Å². The first-order valence-corrected chi connectivity index (χ1v) is 10.9. The molecule has 0 bridgehead atoms. The lowest BCUT2D eigenvalue weighted by molar-refractivity contribution is -0.117. The molecule has 0 saturated carbocycles. The Morgan fingerprint density at radius 3 is 2.52 bits per heavy atom. The van der Waals surface area contributed by atoms with E-state index in [0.29, 0.717) is 32.0 Å². The minimum absolute atomic E-state index is 0.0397. The van der Waals surface area contributed by atoms with Crippen molar-refractivity contribution in [2.75, 3.05) is 18.0 Å². The first-order chi connectivity index (χ1) is 14.7. The predicted octanol–water partition coefficient (Wildman–Crippen LogP) is 5.03. The van der Waals surface area contributed by atoms with Crippen LogP contribution < -0.4 is 4.90 Å². The Balaban J connectivity index is 1.48. The molecule has 0 N–H and O–H groups in total. The van der Waals surface area contributed by atoms with Crippen molar-refractivity contribution in [1.82, 2.24) is 4.90 Å². The molecule has 2 heterocycles. The number of benzene rings is 2. The Labute approximate surface area is 182 Å². The number of rotatable bonds is 3. The Bertz CT molecular complexity index is 991. The van der Waals surface area contributed by atoms with Gasteiger partial charge in [0.2, 0.25) is 5.91 Å². The smallest absolute Gasteiger partial charge is 0.410 e. The van der Waals surface area contributed by atoms with E-state index in [1.165, 1.54) is 17.7 Å². The average molecular weight is 425 g/mol. The summed E-state index contributed by atoms with van der Waals surface area (Å²) in [6, 6.07) is 12.5. The number of anilines is 1. The highest BCUT2D eigenvalue weighted by atomic mass is 19.1. The van der Waals surface area contributed by atoms with Crippen molar-refractivity contribution in [1.29, 1.82) is 0 Å². The Morgan fingerprint density at radius 2 is 1.84 bits per heavy atom. The predicted molar refractivity (Wildman–Crippen MR) is 118 cm³/mol. The third-order valence-electron chi connectivity index (χ3n) is 5.92. The van der Waals surface area contributed by atoms with E-state index in [-0.39, 0.29) is 17.8 Å². The number of ether oxygens (including phenoxy) is 1. The maximum Gasteiger partial charge on any atom is 0.410 e. The third-order valence-corrected chi connectivity index (χ3v) is 5.92. The summed E-state index contributed by atoms with van der Waals surface area (Å²) in [6.45, 7) is 7.27. The van der Waals surface area contributed by atoms with Gasteiger partial charge < -0.3 is 14.5 Å². The van der Waals surface area contributed by atoms with Gasteiger partial charge in [0, 0.05) is 18.8 Å². The van der Waals surface area contributed by atoms with E-state index in [0.717, 1.165) is 29.7 Å². The van der Waals surface area contributed by atoms with Crippen molar-refractivity contribution < 1.29 is 18.7 Å². The van der Waals surface area contributed by atoms with Crippen molar-refractivity contribution in [3.63, 3.8) is 0 Å². The molecule has 0 aromatic heterocycles. The standard InChI is InChI=1S/C25H29FN2O3/c1-25(2,3)31-24(30)27-12-10-18(11-13-27)20-8-5-9-22-21(20)15-23(29)28(22)16-17-6-4-7-19(26)14-17/h4-9,14,18H,10-13,15-16H2,1-3H3. The van der Waals surface area contributed by atoms with Gasteiger partial charge in [0.05, 0.1) is 13.0 Å².